The first-order valence-corrected chi connectivity index (χ1v) is 6.95. The third-order valence-corrected chi connectivity index (χ3v) is 4.33. The third kappa shape index (κ3) is 2.86. The predicted octanol–water partition coefficient (Wildman–Crippen LogP) is 1.88. The van der Waals surface area contributed by atoms with Crippen LogP contribution >= 0.6 is 0 Å². The van der Waals surface area contributed by atoms with Crippen molar-refractivity contribution in [3.63, 3.8) is 0 Å². The van der Waals surface area contributed by atoms with Gasteiger partial charge < -0.3 is 4.74 Å². The number of aryl methyl sites for hydroxylation is 1. The molecule has 0 saturated heterocycles. The van der Waals surface area contributed by atoms with Gasteiger partial charge in [-0.05, 0) is 19.1 Å². The lowest BCUT2D eigenvalue weighted by atomic mass is 9.92. The van der Waals surface area contributed by atoms with E-state index < -0.39 is 10.1 Å². The largest absolute Gasteiger partial charge is 0.381 e. The Labute approximate surface area is 102 Å². The zero-order chi connectivity index (χ0) is 12.5. The SMILES string of the molecule is COC1CC(OS(=O)(=O)c2ccc(C)cc2)C1. The molecule has 1 aliphatic rings. The van der Waals surface area contributed by atoms with Crippen LogP contribution in [0.5, 0.6) is 0 Å². The zero-order valence-corrected chi connectivity index (χ0v) is 10.7. The van der Waals surface area contributed by atoms with Gasteiger partial charge in [0.1, 0.15) is 0 Å². The molecule has 1 saturated carbocycles. The van der Waals surface area contributed by atoms with Gasteiger partial charge in [-0.25, -0.2) is 0 Å². The van der Waals surface area contributed by atoms with Crippen molar-refractivity contribution >= 4 is 10.1 Å². The van der Waals surface area contributed by atoms with Crippen molar-refractivity contribution in [3.8, 4) is 0 Å². The van der Waals surface area contributed by atoms with E-state index in [-0.39, 0.29) is 17.1 Å². The Hall–Kier alpha value is -0.910. The second kappa shape index (κ2) is 4.76. The van der Waals surface area contributed by atoms with Gasteiger partial charge in [0.15, 0.2) is 0 Å². The first-order valence-electron chi connectivity index (χ1n) is 5.54. The van der Waals surface area contributed by atoms with Gasteiger partial charge in [0.25, 0.3) is 10.1 Å². The summed E-state index contributed by atoms with van der Waals surface area (Å²) in [6.45, 7) is 1.91. The summed E-state index contributed by atoms with van der Waals surface area (Å²) in [7, 11) is -2.00. The molecule has 0 bridgehead atoms. The van der Waals surface area contributed by atoms with Gasteiger partial charge in [-0.2, -0.15) is 8.42 Å². The molecule has 94 valence electrons. The highest BCUT2D eigenvalue weighted by atomic mass is 32.2. The van der Waals surface area contributed by atoms with Crippen molar-refractivity contribution in [1.82, 2.24) is 0 Å². The van der Waals surface area contributed by atoms with Gasteiger partial charge in [-0.1, -0.05) is 17.7 Å². The van der Waals surface area contributed by atoms with Crippen molar-refractivity contribution in [2.24, 2.45) is 0 Å². The minimum Gasteiger partial charge on any atom is -0.381 e. The smallest absolute Gasteiger partial charge is 0.297 e. The zero-order valence-electron chi connectivity index (χ0n) is 9.92. The highest BCUT2D eigenvalue weighted by Gasteiger charge is 2.34. The fraction of sp³-hybridized carbons (Fsp3) is 0.500. The average molecular weight is 256 g/mol. The fourth-order valence-electron chi connectivity index (χ4n) is 1.73. The van der Waals surface area contributed by atoms with Crippen LogP contribution < -0.4 is 0 Å². The van der Waals surface area contributed by atoms with E-state index in [0.29, 0.717) is 12.8 Å². The van der Waals surface area contributed by atoms with Crippen LogP contribution in [0.25, 0.3) is 0 Å². The summed E-state index contributed by atoms with van der Waals surface area (Å²) in [5, 5.41) is 0. The van der Waals surface area contributed by atoms with Crippen molar-refractivity contribution in [1.29, 1.82) is 0 Å². The summed E-state index contributed by atoms with van der Waals surface area (Å²) < 4.78 is 34.0. The Morgan fingerprint density at radius 2 is 1.71 bits per heavy atom. The standard InChI is InChI=1S/C12H16O4S/c1-9-3-5-12(6-4-9)17(13,14)16-11-7-10(8-11)15-2/h3-6,10-11H,7-8H2,1-2H3. The minimum absolute atomic E-state index is 0.133. The molecule has 1 aromatic rings. The molecule has 0 aromatic heterocycles. The Morgan fingerprint density at radius 1 is 1.12 bits per heavy atom. The molecule has 0 radical (unpaired) electrons. The molecular formula is C12H16O4S. The number of methoxy groups -OCH3 is 1. The van der Waals surface area contributed by atoms with Gasteiger partial charge in [-0.15, -0.1) is 0 Å². The topological polar surface area (TPSA) is 52.6 Å². The normalized spacial score (nSPS) is 24.4. The molecule has 0 amide bonds. The van der Waals surface area contributed by atoms with Crippen LogP contribution in [0.3, 0.4) is 0 Å². The maximum absolute atomic E-state index is 11.9. The molecule has 1 fully saturated rings. The van der Waals surface area contributed by atoms with Crippen LogP contribution in [0, 0.1) is 6.92 Å². The second-order valence-corrected chi connectivity index (χ2v) is 5.89. The van der Waals surface area contributed by atoms with Crippen LogP contribution in [-0.2, 0) is 19.0 Å². The van der Waals surface area contributed by atoms with Gasteiger partial charge in [0.2, 0.25) is 0 Å². The Bertz CT molecular complexity index is 472. The van der Waals surface area contributed by atoms with Crippen molar-refractivity contribution in [2.45, 2.75) is 36.9 Å². The molecule has 2 rings (SSSR count). The maximum atomic E-state index is 11.9. The first kappa shape index (κ1) is 12.5. The molecule has 1 aliphatic carbocycles. The maximum Gasteiger partial charge on any atom is 0.297 e. The number of ether oxygens (including phenoxy) is 1. The summed E-state index contributed by atoms with van der Waals surface area (Å²) in [5.74, 6) is 0. The van der Waals surface area contributed by atoms with Crippen LogP contribution in [0.15, 0.2) is 29.2 Å². The van der Waals surface area contributed by atoms with E-state index in [0.717, 1.165) is 5.56 Å². The monoisotopic (exact) mass is 256 g/mol. The summed E-state index contributed by atoms with van der Waals surface area (Å²) in [6, 6.07) is 6.65. The number of hydrogen-bond donors (Lipinski definition) is 0. The number of hydrogen-bond acceptors (Lipinski definition) is 4. The lowest BCUT2D eigenvalue weighted by Crippen LogP contribution is -2.38. The summed E-state index contributed by atoms with van der Waals surface area (Å²) in [6.07, 6.45) is 1.17. The van der Waals surface area contributed by atoms with E-state index in [1.54, 1.807) is 31.4 Å². The number of rotatable bonds is 4. The van der Waals surface area contributed by atoms with Crippen LogP contribution in [0.1, 0.15) is 18.4 Å². The highest BCUT2D eigenvalue weighted by Crippen LogP contribution is 2.29. The molecule has 5 heteroatoms. The summed E-state index contributed by atoms with van der Waals surface area (Å²) in [5.41, 5.74) is 1.02. The van der Waals surface area contributed by atoms with E-state index in [1.807, 2.05) is 6.92 Å². The van der Waals surface area contributed by atoms with Crippen molar-refractivity contribution < 1.29 is 17.3 Å². The number of benzene rings is 1. The Kier molecular flexibility index (Phi) is 3.51. The third-order valence-electron chi connectivity index (χ3n) is 2.96. The molecule has 17 heavy (non-hydrogen) atoms. The molecule has 0 unspecified atom stereocenters. The van der Waals surface area contributed by atoms with Crippen LogP contribution in [0.2, 0.25) is 0 Å². The van der Waals surface area contributed by atoms with E-state index in [1.165, 1.54) is 0 Å². The van der Waals surface area contributed by atoms with E-state index in [9.17, 15) is 8.42 Å². The second-order valence-electron chi connectivity index (χ2n) is 4.31. The predicted molar refractivity (Wildman–Crippen MR) is 63.3 cm³/mol. The van der Waals surface area contributed by atoms with E-state index >= 15 is 0 Å². The molecule has 0 atom stereocenters. The Balaban J connectivity index is 2.02. The molecular weight excluding hydrogens is 240 g/mol. The summed E-state index contributed by atoms with van der Waals surface area (Å²) in [4.78, 5) is 0.212. The van der Waals surface area contributed by atoms with Gasteiger partial charge in [0.05, 0.1) is 17.1 Å². The van der Waals surface area contributed by atoms with E-state index in [2.05, 4.69) is 0 Å². The minimum atomic E-state index is -3.62. The molecule has 0 spiro atoms. The summed E-state index contributed by atoms with van der Waals surface area (Å²) >= 11 is 0. The van der Waals surface area contributed by atoms with Gasteiger partial charge in [0, 0.05) is 20.0 Å². The molecule has 0 heterocycles. The van der Waals surface area contributed by atoms with E-state index in [4.69, 9.17) is 8.92 Å². The average Bonchev–Trinajstić information content (AvgIpc) is 2.23. The molecule has 0 N–H and O–H groups in total. The molecule has 1 aromatic carbocycles. The van der Waals surface area contributed by atoms with Crippen LogP contribution in [0.4, 0.5) is 0 Å². The lowest BCUT2D eigenvalue weighted by Gasteiger charge is -2.32. The molecule has 4 nitrogen and oxygen atoms in total. The van der Waals surface area contributed by atoms with Crippen LogP contribution in [-0.4, -0.2) is 27.7 Å². The van der Waals surface area contributed by atoms with Crippen molar-refractivity contribution in [2.75, 3.05) is 7.11 Å². The molecule has 0 aliphatic heterocycles. The van der Waals surface area contributed by atoms with Gasteiger partial charge in [-0.3, -0.25) is 4.18 Å². The fourth-order valence-corrected chi connectivity index (χ4v) is 2.82. The van der Waals surface area contributed by atoms with Gasteiger partial charge >= 0.3 is 0 Å². The Morgan fingerprint density at radius 3 is 2.24 bits per heavy atom. The lowest BCUT2D eigenvalue weighted by molar-refractivity contribution is -0.0354. The highest BCUT2D eigenvalue weighted by molar-refractivity contribution is 7.86. The quantitative estimate of drug-likeness (QED) is 0.772. The first-order chi connectivity index (χ1) is 8.01. The van der Waals surface area contributed by atoms with Crippen molar-refractivity contribution in [3.05, 3.63) is 29.8 Å².